The van der Waals surface area contributed by atoms with Gasteiger partial charge in [-0.2, -0.15) is 0 Å². The minimum atomic E-state index is -0.829. The van der Waals surface area contributed by atoms with Gasteiger partial charge in [0.1, 0.15) is 11.5 Å². The van der Waals surface area contributed by atoms with Crippen molar-refractivity contribution in [2.45, 2.75) is 12.5 Å². The molecule has 1 unspecified atom stereocenters. The van der Waals surface area contributed by atoms with E-state index in [9.17, 15) is 19.8 Å². The highest BCUT2D eigenvalue weighted by Gasteiger charge is 2.46. The predicted molar refractivity (Wildman–Crippen MR) is 117 cm³/mol. The first-order chi connectivity index (χ1) is 14.2. The van der Waals surface area contributed by atoms with E-state index in [-0.39, 0.29) is 21.9 Å². The molecule has 1 aliphatic rings. The smallest absolute Gasteiger partial charge is 0.295 e. The number of nitrogens with zero attached hydrogens (tertiary/aromatic N) is 2. The van der Waals surface area contributed by atoms with Gasteiger partial charge in [-0.25, -0.2) is 0 Å². The maximum Gasteiger partial charge on any atom is 0.295 e. The number of aliphatic hydroxyl groups is 1. The number of carbonyl (C=O) groups excluding carboxylic acids is 2. The van der Waals surface area contributed by atoms with Crippen molar-refractivity contribution in [2.75, 3.05) is 27.2 Å². The minimum absolute atomic E-state index is 0.0131. The molecule has 0 radical (unpaired) electrons. The van der Waals surface area contributed by atoms with E-state index in [1.165, 1.54) is 23.1 Å². The Labute approximate surface area is 184 Å². The van der Waals surface area contributed by atoms with E-state index >= 15 is 0 Å². The van der Waals surface area contributed by atoms with E-state index in [2.05, 4.69) is 0 Å². The van der Waals surface area contributed by atoms with Crippen LogP contribution in [0.3, 0.4) is 0 Å². The summed E-state index contributed by atoms with van der Waals surface area (Å²) in [5, 5.41) is 21.9. The molecule has 2 aromatic carbocycles. The number of rotatable bonds is 6. The number of amides is 1. The van der Waals surface area contributed by atoms with Crippen LogP contribution in [0.4, 0.5) is 0 Å². The van der Waals surface area contributed by atoms with Crippen molar-refractivity contribution in [2.24, 2.45) is 0 Å². The van der Waals surface area contributed by atoms with E-state index in [4.69, 9.17) is 23.2 Å². The average Bonchev–Trinajstić information content (AvgIpc) is 2.94. The number of hydrogen-bond donors (Lipinski definition) is 2. The van der Waals surface area contributed by atoms with E-state index in [1.807, 2.05) is 19.0 Å². The molecule has 3 rings (SSSR count). The summed E-state index contributed by atoms with van der Waals surface area (Å²) in [7, 11) is 3.84. The predicted octanol–water partition coefficient (Wildman–Crippen LogP) is 4.07. The van der Waals surface area contributed by atoms with Crippen molar-refractivity contribution < 1.29 is 19.8 Å². The highest BCUT2D eigenvalue weighted by Crippen LogP contribution is 2.41. The normalized spacial score (nSPS) is 18.4. The molecule has 0 spiro atoms. The third-order valence-electron chi connectivity index (χ3n) is 4.92. The van der Waals surface area contributed by atoms with Gasteiger partial charge in [-0.05, 0) is 63.0 Å². The van der Waals surface area contributed by atoms with Crippen LogP contribution in [-0.4, -0.2) is 58.9 Å². The van der Waals surface area contributed by atoms with E-state index in [0.29, 0.717) is 23.6 Å². The molecule has 8 heteroatoms. The number of hydrogen-bond acceptors (Lipinski definition) is 5. The Balaban J connectivity index is 2.15. The minimum Gasteiger partial charge on any atom is -0.507 e. The van der Waals surface area contributed by atoms with E-state index < -0.39 is 23.5 Å². The van der Waals surface area contributed by atoms with Gasteiger partial charge in [0.15, 0.2) is 0 Å². The standard InChI is InChI=1S/C22H22Cl2N2O4/c1-25(2)9-4-10-26-19(13-5-3-6-14(23)11-13)18(21(29)22(26)30)20(28)16-12-15(24)7-8-17(16)27/h3,5-8,11-12,19,27-28H,4,9-10H2,1-2H3/b20-18+. The molecule has 0 aromatic heterocycles. The summed E-state index contributed by atoms with van der Waals surface area (Å²) in [6.07, 6.45) is 0.638. The quantitative estimate of drug-likeness (QED) is 0.395. The van der Waals surface area contributed by atoms with Gasteiger partial charge in [0, 0.05) is 16.6 Å². The van der Waals surface area contributed by atoms with Crippen LogP contribution in [0.1, 0.15) is 23.6 Å². The summed E-state index contributed by atoms with van der Waals surface area (Å²) in [6, 6.07) is 10.1. The van der Waals surface area contributed by atoms with Crippen molar-refractivity contribution in [3.05, 3.63) is 69.2 Å². The SMILES string of the molecule is CN(C)CCCN1C(=O)C(=O)/C(=C(/O)c2cc(Cl)ccc2O)C1c1cccc(Cl)c1. The second kappa shape index (κ2) is 9.08. The van der Waals surface area contributed by atoms with Gasteiger partial charge in [-0.1, -0.05) is 35.3 Å². The van der Waals surface area contributed by atoms with Gasteiger partial charge in [0.2, 0.25) is 0 Å². The van der Waals surface area contributed by atoms with Crippen LogP contribution in [0, 0.1) is 0 Å². The Hall–Kier alpha value is -2.54. The third-order valence-corrected chi connectivity index (χ3v) is 5.39. The zero-order valence-corrected chi connectivity index (χ0v) is 18.1. The maximum atomic E-state index is 12.9. The Morgan fingerprint density at radius 1 is 1.10 bits per heavy atom. The average molecular weight is 449 g/mol. The number of phenols is 1. The van der Waals surface area contributed by atoms with Crippen LogP contribution in [0.2, 0.25) is 10.0 Å². The fraction of sp³-hybridized carbons (Fsp3) is 0.273. The molecule has 1 aliphatic heterocycles. The van der Waals surface area contributed by atoms with Gasteiger partial charge >= 0.3 is 0 Å². The summed E-state index contributed by atoms with van der Waals surface area (Å²) >= 11 is 12.2. The summed E-state index contributed by atoms with van der Waals surface area (Å²) in [5.74, 6) is -2.25. The number of Topliss-reactive ketones (excluding diaryl/α,β-unsaturated/α-hetero) is 1. The molecule has 1 fully saturated rings. The molecule has 1 atom stereocenters. The first-order valence-electron chi connectivity index (χ1n) is 9.38. The largest absolute Gasteiger partial charge is 0.507 e. The van der Waals surface area contributed by atoms with Crippen molar-refractivity contribution in [1.29, 1.82) is 0 Å². The molecule has 0 aliphatic carbocycles. The molecule has 1 amide bonds. The molecule has 30 heavy (non-hydrogen) atoms. The molecular weight excluding hydrogens is 427 g/mol. The van der Waals surface area contributed by atoms with Crippen molar-refractivity contribution in [3.8, 4) is 5.75 Å². The number of halogens is 2. The van der Waals surface area contributed by atoms with Gasteiger partial charge in [-0.15, -0.1) is 0 Å². The van der Waals surface area contributed by atoms with Gasteiger partial charge in [0.25, 0.3) is 11.7 Å². The van der Waals surface area contributed by atoms with Crippen molar-refractivity contribution in [1.82, 2.24) is 9.80 Å². The first-order valence-corrected chi connectivity index (χ1v) is 10.1. The molecule has 1 saturated heterocycles. The molecule has 6 nitrogen and oxygen atoms in total. The lowest BCUT2D eigenvalue weighted by Crippen LogP contribution is -2.32. The molecule has 0 saturated carbocycles. The van der Waals surface area contributed by atoms with Crippen LogP contribution < -0.4 is 0 Å². The highest BCUT2D eigenvalue weighted by atomic mass is 35.5. The Morgan fingerprint density at radius 3 is 2.47 bits per heavy atom. The number of benzene rings is 2. The molecule has 0 bridgehead atoms. The van der Waals surface area contributed by atoms with E-state index in [0.717, 1.165) is 6.54 Å². The number of phenolic OH excluding ortho intramolecular Hbond substituents is 1. The van der Waals surface area contributed by atoms with Crippen LogP contribution in [0.15, 0.2) is 48.0 Å². The van der Waals surface area contributed by atoms with Crippen LogP contribution in [0.25, 0.3) is 5.76 Å². The van der Waals surface area contributed by atoms with Crippen molar-refractivity contribution in [3.63, 3.8) is 0 Å². The molecule has 1 heterocycles. The monoisotopic (exact) mass is 448 g/mol. The second-order valence-electron chi connectivity index (χ2n) is 7.37. The topological polar surface area (TPSA) is 81.1 Å². The van der Waals surface area contributed by atoms with Gasteiger partial charge < -0.3 is 20.0 Å². The number of aliphatic hydroxyl groups excluding tert-OH is 1. The van der Waals surface area contributed by atoms with Crippen molar-refractivity contribution >= 4 is 40.7 Å². The number of likely N-dealkylation sites (tertiary alicyclic amines) is 1. The number of ketones is 1. The molecule has 2 N–H and O–H groups in total. The number of carbonyl (C=O) groups is 2. The van der Waals surface area contributed by atoms with Crippen LogP contribution in [-0.2, 0) is 9.59 Å². The highest BCUT2D eigenvalue weighted by molar-refractivity contribution is 6.46. The lowest BCUT2D eigenvalue weighted by Gasteiger charge is -2.26. The first kappa shape index (κ1) is 22.2. The Bertz CT molecular complexity index is 1020. The summed E-state index contributed by atoms with van der Waals surface area (Å²) in [5.41, 5.74) is 0.472. The molecule has 2 aromatic rings. The summed E-state index contributed by atoms with van der Waals surface area (Å²) in [6.45, 7) is 1.04. The fourth-order valence-corrected chi connectivity index (χ4v) is 3.91. The molecular formula is C22H22Cl2N2O4. The van der Waals surface area contributed by atoms with Crippen LogP contribution >= 0.6 is 23.2 Å². The third kappa shape index (κ3) is 4.46. The second-order valence-corrected chi connectivity index (χ2v) is 8.24. The Morgan fingerprint density at radius 2 is 1.80 bits per heavy atom. The van der Waals surface area contributed by atoms with Crippen LogP contribution in [0.5, 0.6) is 5.75 Å². The lowest BCUT2D eigenvalue weighted by atomic mass is 9.95. The summed E-state index contributed by atoms with van der Waals surface area (Å²) < 4.78 is 0. The molecule has 158 valence electrons. The zero-order valence-electron chi connectivity index (χ0n) is 16.6. The Kier molecular flexibility index (Phi) is 6.71. The van der Waals surface area contributed by atoms with E-state index in [1.54, 1.807) is 24.3 Å². The van der Waals surface area contributed by atoms with Gasteiger partial charge in [-0.3, -0.25) is 9.59 Å². The summed E-state index contributed by atoms with van der Waals surface area (Å²) in [4.78, 5) is 29.2. The maximum absolute atomic E-state index is 12.9. The number of aromatic hydroxyl groups is 1. The van der Waals surface area contributed by atoms with Gasteiger partial charge in [0.05, 0.1) is 17.2 Å². The fourth-order valence-electron chi connectivity index (χ4n) is 3.53. The lowest BCUT2D eigenvalue weighted by molar-refractivity contribution is -0.139. The zero-order chi connectivity index (χ0) is 22.0.